The number of rotatable bonds is 4. The smallest absolute Gasteiger partial charge is 0.262 e. The molecule has 0 bridgehead atoms. The van der Waals surface area contributed by atoms with E-state index in [1.807, 2.05) is 24.3 Å². The molecule has 1 aliphatic carbocycles. The quantitative estimate of drug-likeness (QED) is 0.906. The van der Waals surface area contributed by atoms with Crippen molar-refractivity contribution in [1.82, 2.24) is 0 Å². The SMILES string of the molecule is N#Cc1cccc(NC(=O)COc2cccc3c2CCC[C@H]3O)c1. The molecule has 0 unspecified atom stereocenters. The van der Waals surface area contributed by atoms with Crippen LogP contribution in [-0.2, 0) is 11.2 Å². The van der Waals surface area contributed by atoms with Crippen LogP contribution in [0.3, 0.4) is 0 Å². The number of carbonyl (C=O) groups excluding carboxylic acids is 1. The monoisotopic (exact) mass is 322 g/mol. The molecule has 0 spiro atoms. The van der Waals surface area contributed by atoms with E-state index in [0.29, 0.717) is 17.0 Å². The summed E-state index contributed by atoms with van der Waals surface area (Å²) in [7, 11) is 0. The third-order valence-corrected chi connectivity index (χ3v) is 4.07. The number of nitriles is 1. The first-order chi connectivity index (χ1) is 11.7. The number of hydrogen-bond donors (Lipinski definition) is 2. The molecule has 0 aliphatic heterocycles. The summed E-state index contributed by atoms with van der Waals surface area (Å²) in [4.78, 5) is 12.0. The summed E-state index contributed by atoms with van der Waals surface area (Å²) in [6, 6.07) is 14.3. The maximum absolute atomic E-state index is 12.0. The number of carbonyl (C=O) groups is 1. The van der Waals surface area contributed by atoms with Crippen molar-refractivity contribution in [3.05, 3.63) is 59.2 Å². The molecule has 0 fully saturated rings. The van der Waals surface area contributed by atoms with Gasteiger partial charge in [-0.15, -0.1) is 0 Å². The first-order valence-corrected chi connectivity index (χ1v) is 7.90. The molecule has 1 amide bonds. The molecular weight excluding hydrogens is 304 g/mol. The number of hydrogen-bond acceptors (Lipinski definition) is 4. The molecule has 1 aliphatic rings. The van der Waals surface area contributed by atoms with Crippen LogP contribution in [0.25, 0.3) is 0 Å². The zero-order valence-electron chi connectivity index (χ0n) is 13.2. The molecule has 122 valence electrons. The van der Waals surface area contributed by atoms with Crippen LogP contribution in [0.4, 0.5) is 5.69 Å². The Bertz CT molecular complexity index is 795. The van der Waals surface area contributed by atoms with E-state index in [1.165, 1.54) is 0 Å². The number of fused-ring (bicyclic) bond motifs is 1. The van der Waals surface area contributed by atoms with Crippen LogP contribution in [0.2, 0.25) is 0 Å². The van der Waals surface area contributed by atoms with E-state index in [2.05, 4.69) is 5.32 Å². The lowest BCUT2D eigenvalue weighted by Gasteiger charge is -2.23. The largest absolute Gasteiger partial charge is 0.483 e. The molecule has 5 heteroatoms. The van der Waals surface area contributed by atoms with Gasteiger partial charge in [-0.05, 0) is 54.7 Å². The Morgan fingerprint density at radius 1 is 1.33 bits per heavy atom. The van der Waals surface area contributed by atoms with Crippen molar-refractivity contribution in [2.75, 3.05) is 11.9 Å². The predicted molar refractivity (Wildman–Crippen MR) is 89.6 cm³/mol. The number of amides is 1. The van der Waals surface area contributed by atoms with Crippen molar-refractivity contribution in [2.45, 2.75) is 25.4 Å². The molecule has 5 nitrogen and oxygen atoms in total. The Hall–Kier alpha value is -2.84. The predicted octanol–water partition coefficient (Wildman–Crippen LogP) is 2.95. The summed E-state index contributed by atoms with van der Waals surface area (Å²) in [6.07, 6.45) is 2.04. The van der Waals surface area contributed by atoms with Crippen LogP contribution in [0.15, 0.2) is 42.5 Å². The minimum atomic E-state index is -0.458. The van der Waals surface area contributed by atoms with Gasteiger partial charge in [0, 0.05) is 5.69 Å². The van der Waals surface area contributed by atoms with Gasteiger partial charge < -0.3 is 15.2 Å². The molecule has 1 atom stereocenters. The topological polar surface area (TPSA) is 82.4 Å². The van der Waals surface area contributed by atoms with E-state index < -0.39 is 6.10 Å². The molecule has 3 rings (SSSR count). The molecule has 0 heterocycles. The van der Waals surface area contributed by atoms with Crippen molar-refractivity contribution in [2.24, 2.45) is 0 Å². The normalized spacial score (nSPS) is 15.9. The molecule has 0 saturated carbocycles. The Balaban J connectivity index is 1.65. The van der Waals surface area contributed by atoms with Crippen LogP contribution >= 0.6 is 0 Å². The van der Waals surface area contributed by atoms with Gasteiger partial charge in [-0.3, -0.25) is 4.79 Å². The van der Waals surface area contributed by atoms with Gasteiger partial charge in [0.05, 0.1) is 17.7 Å². The standard InChI is InChI=1S/C19H18N2O3/c20-11-13-4-1-5-14(10-13)21-19(23)12-24-18-9-3-6-15-16(18)7-2-8-17(15)22/h1,3-6,9-10,17,22H,2,7-8,12H2,(H,21,23)/t17-/m1/s1. The van der Waals surface area contributed by atoms with Crippen LogP contribution < -0.4 is 10.1 Å². The van der Waals surface area contributed by atoms with Gasteiger partial charge in [0.25, 0.3) is 5.91 Å². The molecule has 2 N–H and O–H groups in total. The average Bonchev–Trinajstić information content (AvgIpc) is 2.60. The highest BCUT2D eigenvalue weighted by molar-refractivity contribution is 5.92. The Kier molecular flexibility index (Phi) is 4.78. The van der Waals surface area contributed by atoms with Crippen molar-refractivity contribution < 1.29 is 14.6 Å². The number of benzene rings is 2. The second kappa shape index (κ2) is 7.16. The first-order valence-electron chi connectivity index (χ1n) is 7.90. The van der Waals surface area contributed by atoms with Gasteiger partial charge in [0.2, 0.25) is 0 Å². The highest BCUT2D eigenvalue weighted by Gasteiger charge is 2.21. The number of nitrogens with one attached hydrogen (secondary N) is 1. The maximum Gasteiger partial charge on any atom is 0.262 e. The van der Waals surface area contributed by atoms with Crippen LogP contribution in [0.1, 0.15) is 35.6 Å². The summed E-state index contributed by atoms with van der Waals surface area (Å²) in [6.45, 7) is -0.122. The lowest BCUT2D eigenvalue weighted by Crippen LogP contribution is -2.21. The van der Waals surface area contributed by atoms with E-state index in [9.17, 15) is 9.90 Å². The lowest BCUT2D eigenvalue weighted by molar-refractivity contribution is -0.118. The molecule has 0 saturated heterocycles. The number of aliphatic hydroxyl groups is 1. The second-order valence-corrected chi connectivity index (χ2v) is 5.76. The number of ether oxygens (including phenoxy) is 1. The van der Waals surface area contributed by atoms with E-state index in [1.54, 1.807) is 24.3 Å². The van der Waals surface area contributed by atoms with Crippen LogP contribution in [-0.4, -0.2) is 17.6 Å². The van der Waals surface area contributed by atoms with Crippen molar-refractivity contribution >= 4 is 11.6 Å². The zero-order chi connectivity index (χ0) is 16.9. The minimum Gasteiger partial charge on any atom is -0.483 e. The van der Waals surface area contributed by atoms with Gasteiger partial charge in [-0.1, -0.05) is 18.2 Å². The van der Waals surface area contributed by atoms with Gasteiger partial charge in [-0.25, -0.2) is 0 Å². The number of nitrogens with zero attached hydrogens (tertiary/aromatic N) is 1. The fraction of sp³-hybridized carbons (Fsp3) is 0.263. The molecule has 0 radical (unpaired) electrons. The zero-order valence-corrected chi connectivity index (χ0v) is 13.2. The Morgan fingerprint density at radius 3 is 3.00 bits per heavy atom. The highest BCUT2D eigenvalue weighted by atomic mass is 16.5. The molecule has 2 aromatic rings. The van der Waals surface area contributed by atoms with Gasteiger partial charge >= 0.3 is 0 Å². The molecular formula is C19H18N2O3. The Morgan fingerprint density at radius 2 is 2.17 bits per heavy atom. The van der Waals surface area contributed by atoms with Crippen molar-refractivity contribution in [3.8, 4) is 11.8 Å². The molecule has 24 heavy (non-hydrogen) atoms. The third kappa shape index (κ3) is 3.55. The van der Waals surface area contributed by atoms with Gasteiger partial charge in [0.1, 0.15) is 5.75 Å². The highest BCUT2D eigenvalue weighted by Crippen LogP contribution is 2.35. The van der Waals surface area contributed by atoms with Crippen molar-refractivity contribution in [3.63, 3.8) is 0 Å². The molecule has 2 aromatic carbocycles. The van der Waals surface area contributed by atoms with Crippen LogP contribution in [0.5, 0.6) is 5.75 Å². The van der Waals surface area contributed by atoms with E-state index in [-0.39, 0.29) is 12.5 Å². The summed E-state index contributed by atoms with van der Waals surface area (Å²) < 4.78 is 5.66. The summed E-state index contributed by atoms with van der Waals surface area (Å²) in [5.41, 5.74) is 2.92. The van der Waals surface area contributed by atoms with Crippen LogP contribution in [0, 0.1) is 11.3 Å². The lowest BCUT2D eigenvalue weighted by atomic mass is 9.89. The van der Waals surface area contributed by atoms with E-state index >= 15 is 0 Å². The summed E-state index contributed by atoms with van der Waals surface area (Å²) in [5, 5.41) is 21.6. The van der Waals surface area contributed by atoms with E-state index in [4.69, 9.17) is 10.00 Å². The summed E-state index contributed by atoms with van der Waals surface area (Å²) in [5.74, 6) is 0.353. The minimum absolute atomic E-state index is 0.122. The van der Waals surface area contributed by atoms with Gasteiger partial charge in [0.15, 0.2) is 6.61 Å². The molecule has 0 aromatic heterocycles. The fourth-order valence-corrected chi connectivity index (χ4v) is 2.93. The number of anilines is 1. The third-order valence-electron chi connectivity index (χ3n) is 4.07. The van der Waals surface area contributed by atoms with Crippen molar-refractivity contribution in [1.29, 1.82) is 5.26 Å². The first kappa shape index (κ1) is 16.0. The average molecular weight is 322 g/mol. The Labute approximate surface area is 140 Å². The summed E-state index contributed by atoms with van der Waals surface area (Å²) >= 11 is 0. The van der Waals surface area contributed by atoms with Gasteiger partial charge in [-0.2, -0.15) is 5.26 Å². The maximum atomic E-state index is 12.0. The fourth-order valence-electron chi connectivity index (χ4n) is 2.93. The van der Waals surface area contributed by atoms with E-state index in [0.717, 1.165) is 30.4 Å². The second-order valence-electron chi connectivity index (χ2n) is 5.76. The number of aliphatic hydroxyl groups excluding tert-OH is 1.